The van der Waals surface area contributed by atoms with E-state index in [9.17, 15) is 4.79 Å². The predicted octanol–water partition coefficient (Wildman–Crippen LogP) is 3.28. The van der Waals surface area contributed by atoms with E-state index in [1.807, 2.05) is 29.2 Å². The molecule has 0 saturated carbocycles. The van der Waals surface area contributed by atoms with Gasteiger partial charge in [-0.1, -0.05) is 13.3 Å². The summed E-state index contributed by atoms with van der Waals surface area (Å²) in [7, 11) is 0. The lowest BCUT2D eigenvalue weighted by atomic mass is 9.97. The lowest BCUT2D eigenvalue weighted by Crippen LogP contribution is -2.37. The van der Waals surface area contributed by atoms with Crippen LogP contribution in [0.2, 0.25) is 0 Å². The topological polar surface area (TPSA) is 114 Å². The van der Waals surface area contributed by atoms with Gasteiger partial charge in [-0.2, -0.15) is 0 Å². The smallest absolute Gasteiger partial charge is 0.306 e. The first-order chi connectivity index (χ1) is 13.6. The maximum atomic E-state index is 11.1. The number of nitrogens with two attached hydrogens (primary N) is 1. The normalized spacial score (nSPS) is 14.7. The van der Waals surface area contributed by atoms with E-state index in [-0.39, 0.29) is 5.92 Å². The van der Waals surface area contributed by atoms with E-state index in [0.717, 1.165) is 24.3 Å². The summed E-state index contributed by atoms with van der Waals surface area (Å²) in [6.07, 6.45) is 4.77. The van der Waals surface area contributed by atoms with Crippen molar-refractivity contribution in [3.8, 4) is 5.75 Å². The van der Waals surface area contributed by atoms with Gasteiger partial charge in [-0.15, -0.1) is 0 Å². The van der Waals surface area contributed by atoms with Gasteiger partial charge in [-0.25, -0.2) is 9.97 Å². The van der Waals surface area contributed by atoms with Gasteiger partial charge in [-0.3, -0.25) is 4.79 Å². The first-order valence-electron chi connectivity index (χ1n) is 9.66. The molecule has 28 heavy (non-hydrogen) atoms. The number of aliphatic carboxylic acids is 1. The molecule has 0 atom stereocenters. The highest BCUT2D eigenvalue weighted by Gasteiger charge is 2.26. The second-order valence-corrected chi connectivity index (χ2v) is 6.91. The zero-order chi connectivity index (χ0) is 19.9. The molecule has 4 N–H and O–H groups in total. The van der Waals surface area contributed by atoms with Gasteiger partial charge in [0.05, 0.1) is 12.5 Å². The number of unbranched alkanes of at least 4 members (excludes halogenated alkanes) is 1. The third kappa shape index (κ3) is 4.82. The molecule has 1 aliphatic heterocycles. The molecule has 0 spiro atoms. The van der Waals surface area contributed by atoms with Crippen LogP contribution in [0.3, 0.4) is 0 Å². The van der Waals surface area contributed by atoms with Crippen molar-refractivity contribution in [2.45, 2.75) is 32.6 Å². The number of hydrogen-bond acceptors (Lipinski definition) is 7. The molecule has 0 amide bonds. The van der Waals surface area contributed by atoms with Crippen LogP contribution >= 0.6 is 0 Å². The number of nitrogens with zero attached hydrogens (tertiary/aromatic N) is 3. The summed E-state index contributed by atoms with van der Waals surface area (Å²) in [5.41, 5.74) is 7.61. The fourth-order valence-corrected chi connectivity index (χ4v) is 3.18. The van der Waals surface area contributed by atoms with E-state index in [0.29, 0.717) is 49.9 Å². The molecule has 1 aromatic heterocycles. The molecule has 1 saturated heterocycles. The number of anilines is 4. The number of nitrogen functional groups attached to an aromatic ring is 1. The number of carbonyl (C=O) groups is 1. The minimum atomic E-state index is -0.736. The molecule has 3 rings (SSSR count). The van der Waals surface area contributed by atoms with E-state index in [2.05, 4.69) is 22.2 Å². The van der Waals surface area contributed by atoms with Crippen LogP contribution in [0, 0.1) is 5.92 Å². The Morgan fingerprint density at radius 3 is 2.64 bits per heavy atom. The number of hydrogen-bond donors (Lipinski definition) is 3. The molecule has 2 aromatic rings. The number of piperidine rings is 1. The average Bonchev–Trinajstić information content (AvgIpc) is 2.71. The standard InChI is InChI=1S/C20H27N5O3/c1-2-3-12-28-16-6-4-15(5-7-16)24-18-17(21)19(23-13-22-18)25-10-8-14(9-11-25)20(26)27/h4-7,13-14H,2-3,8-12,21H2,1H3,(H,26,27)(H,22,23,24). The van der Waals surface area contributed by atoms with Crippen molar-refractivity contribution in [2.24, 2.45) is 5.92 Å². The van der Waals surface area contributed by atoms with Crippen LogP contribution < -0.4 is 20.7 Å². The van der Waals surface area contributed by atoms with E-state index >= 15 is 0 Å². The van der Waals surface area contributed by atoms with Crippen LogP contribution in [0.4, 0.5) is 23.0 Å². The van der Waals surface area contributed by atoms with Gasteiger partial charge in [0.2, 0.25) is 0 Å². The second-order valence-electron chi connectivity index (χ2n) is 6.91. The Bertz CT molecular complexity index is 789. The Labute approximate surface area is 164 Å². The Hall–Kier alpha value is -3.03. The number of benzene rings is 1. The molecule has 0 radical (unpaired) electrons. The van der Waals surface area contributed by atoms with Crippen LogP contribution in [0.1, 0.15) is 32.6 Å². The SMILES string of the molecule is CCCCOc1ccc(Nc2ncnc(N3CCC(C(=O)O)CC3)c2N)cc1. The number of nitrogens with one attached hydrogen (secondary N) is 1. The Morgan fingerprint density at radius 2 is 2.00 bits per heavy atom. The first kappa shape index (κ1) is 19.7. The molecule has 0 aliphatic carbocycles. The van der Waals surface area contributed by atoms with Gasteiger partial charge in [0.1, 0.15) is 17.8 Å². The van der Waals surface area contributed by atoms with Crippen molar-refractivity contribution < 1.29 is 14.6 Å². The van der Waals surface area contributed by atoms with E-state index in [1.165, 1.54) is 6.33 Å². The van der Waals surface area contributed by atoms with Crippen LogP contribution in [-0.4, -0.2) is 40.7 Å². The highest BCUT2D eigenvalue weighted by atomic mass is 16.5. The molecular formula is C20H27N5O3. The van der Waals surface area contributed by atoms with Crippen molar-refractivity contribution in [1.82, 2.24) is 9.97 Å². The van der Waals surface area contributed by atoms with Crippen molar-refractivity contribution in [1.29, 1.82) is 0 Å². The fourth-order valence-electron chi connectivity index (χ4n) is 3.18. The van der Waals surface area contributed by atoms with E-state index in [4.69, 9.17) is 15.6 Å². The molecular weight excluding hydrogens is 358 g/mol. The lowest BCUT2D eigenvalue weighted by molar-refractivity contribution is -0.142. The zero-order valence-electron chi connectivity index (χ0n) is 16.1. The molecule has 1 aromatic carbocycles. The maximum absolute atomic E-state index is 11.1. The van der Waals surface area contributed by atoms with Gasteiger partial charge in [-0.05, 0) is 43.5 Å². The van der Waals surface area contributed by atoms with Crippen LogP contribution in [0.15, 0.2) is 30.6 Å². The van der Waals surface area contributed by atoms with E-state index in [1.54, 1.807) is 0 Å². The first-order valence-corrected chi connectivity index (χ1v) is 9.66. The minimum Gasteiger partial charge on any atom is -0.494 e. The summed E-state index contributed by atoms with van der Waals surface area (Å²) in [6, 6.07) is 7.65. The quantitative estimate of drug-likeness (QED) is 0.593. The van der Waals surface area contributed by atoms with Crippen LogP contribution in [-0.2, 0) is 4.79 Å². The molecule has 150 valence electrons. The third-order valence-electron chi connectivity index (χ3n) is 4.89. The number of carboxylic acids is 1. The van der Waals surface area contributed by atoms with Gasteiger partial charge in [0.25, 0.3) is 0 Å². The third-order valence-corrected chi connectivity index (χ3v) is 4.89. The number of ether oxygens (including phenoxy) is 1. The summed E-state index contributed by atoms with van der Waals surface area (Å²) in [4.78, 5) is 21.7. The second kappa shape index (κ2) is 9.25. The fraction of sp³-hybridized carbons (Fsp3) is 0.450. The summed E-state index contributed by atoms with van der Waals surface area (Å²) < 4.78 is 5.67. The summed E-state index contributed by atoms with van der Waals surface area (Å²) in [6.45, 7) is 4.07. The van der Waals surface area contributed by atoms with Crippen LogP contribution in [0.5, 0.6) is 5.75 Å². The molecule has 8 heteroatoms. The largest absolute Gasteiger partial charge is 0.494 e. The van der Waals surface area contributed by atoms with Crippen molar-refractivity contribution in [2.75, 3.05) is 35.6 Å². The maximum Gasteiger partial charge on any atom is 0.306 e. The Balaban J connectivity index is 1.65. The highest BCUT2D eigenvalue weighted by molar-refractivity contribution is 5.78. The molecule has 8 nitrogen and oxygen atoms in total. The zero-order valence-corrected chi connectivity index (χ0v) is 16.1. The van der Waals surface area contributed by atoms with Gasteiger partial charge in [0.15, 0.2) is 11.6 Å². The van der Waals surface area contributed by atoms with Gasteiger partial charge < -0.3 is 25.8 Å². The van der Waals surface area contributed by atoms with Gasteiger partial charge in [0, 0.05) is 18.8 Å². The molecule has 0 bridgehead atoms. The lowest BCUT2D eigenvalue weighted by Gasteiger charge is -2.31. The van der Waals surface area contributed by atoms with E-state index < -0.39 is 5.97 Å². The number of carboxylic acid groups (broad SMARTS) is 1. The summed E-state index contributed by atoms with van der Waals surface area (Å²) in [5, 5.41) is 12.4. The molecule has 1 fully saturated rings. The average molecular weight is 385 g/mol. The number of aromatic nitrogens is 2. The highest BCUT2D eigenvalue weighted by Crippen LogP contribution is 2.31. The minimum absolute atomic E-state index is 0.296. The molecule has 2 heterocycles. The Morgan fingerprint density at radius 1 is 1.29 bits per heavy atom. The van der Waals surface area contributed by atoms with Crippen LogP contribution in [0.25, 0.3) is 0 Å². The summed E-state index contributed by atoms with van der Waals surface area (Å²) >= 11 is 0. The predicted molar refractivity (Wildman–Crippen MR) is 109 cm³/mol. The molecule has 1 aliphatic rings. The Kier molecular flexibility index (Phi) is 6.52. The molecule has 0 unspecified atom stereocenters. The van der Waals surface area contributed by atoms with Gasteiger partial charge >= 0.3 is 5.97 Å². The van der Waals surface area contributed by atoms with Crippen molar-refractivity contribution >= 4 is 29.0 Å². The monoisotopic (exact) mass is 385 g/mol. The van der Waals surface area contributed by atoms with Crippen molar-refractivity contribution in [3.63, 3.8) is 0 Å². The van der Waals surface area contributed by atoms with Crippen molar-refractivity contribution in [3.05, 3.63) is 30.6 Å². The summed E-state index contributed by atoms with van der Waals surface area (Å²) in [5.74, 6) is 0.970. The number of rotatable bonds is 8.